The molecule has 1 saturated carbocycles. The van der Waals surface area contributed by atoms with E-state index in [0.29, 0.717) is 17.9 Å². The normalized spacial score (nSPS) is 21.8. The van der Waals surface area contributed by atoms with Gasteiger partial charge in [0.25, 0.3) is 0 Å². The minimum absolute atomic E-state index is 0.0274. The van der Waals surface area contributed by atoms with E-state index in [1.165, 1.54) is 7.11 Å². The first-order valence-corrected chi connectivity index (χ1v) is 8.23. The second-order valence-electron chi connectivity index (χ2n) is 6.06. The van der Waals surface area contributed by atoms with Gasteiger partial charge in [0.15, 0.2) is 5.78 Å². The predicted octanol–water partition coefficient (Wildman–Crippen LogP) is 1.23. The summed E-state index contributed by atoms with van der Waals surface area (Å²) in [6, 6.07) is 6.73. The Kier molecular flexibility index (Phi) is 6.14. The fraction of sp³-hybridized carbons (Fsp3) is 0.500. The topological polar surface area (TPSA) is 102 Å². The van der Waals surface area contributed by atoms with Crippen molar-refractivity contribution >= 4 is 17.7 Å². The van der Waals surface area contributed by atoms with Crippen LogP contribution < -0.4 is 10.1 Å². The average Bonchev–Trinajstić information content (AvgIpc) is 2.58. The molecule has 1 aromatic rings. The Morgan fingerprint density at radius 1 is 1.20 bits per heavy atom. The molecule has 1 aliphatic carbocycles. The first-order valence-electron chi connectivity index (χ1n) is 8.23. The van der Waals surface area contributed by atoms with Gasteiger partial charge in [-0.05, 0) is 31.2 Å². The van der Waals surface area contributed by atoms with Crippen LogP contribution in [0, 0.1) is 0 Å². The van der Waals surface area contributed by atoms with Crippen LogP contribution in [-0.2, 0) is 14.3 Å². The van der Waals surface area contributed by atoms with Crippen LogP contribution in [0.3, 0.4) is 0 Å². The van der Waals surface area contributed by atoms with Crippen LogP contribution in [0.5, 0.6) is 5.75 Å². The molecular weight excluding hydrogens is 326 g/mol. The van der Waals surface area contributed by atoms with Crippen LogP contribution in [0.15, 0.2) is 24.3 Å². The highest BCUT2D eigenvalue weighted by atomic mass is 16.5. The number of Topliss-reactive ketones (excluding diaryl/α,β-unsaturated/α-hetero) is 1. The zero-order chi connectivity index (χ0) is 18.4. The van der Waals surface area contributed by atoms with Crippen molar-refractivity contribution in [1.82, 2.24) is 5.32 Å². The van der Waals surface area contributed by atoms with Gasteiger partial charge in [0.05, 0.1) is 19.8 Å². The van der Waals surface area contributed by atoms with Crippen LogP contribution >= 0.6 is 0 Å². The van der Waals surface area contributed by atoms with E-state index in [1.807, 2.05) is 6.92 Å². The van der Waals surface area contributed by atoms with Gasteiger partial charge in [-0.3, -0.25) is 9.59 Å². The molecule has 1 fully saturated rings. The van der Waals surface area contributed by atoms with Crippen molar-refractivity contribution in [2.24, 2.45) is 0 Å². The molecule has 0 radical (unpaired) electrons. The highest BCUT2D eigenvalue weighted by Crippen LogP contribution is 2.33. The largest absolute Gasteiger partial charge is 0.494 e. The Balaban J connectivity index is 1.86. The Hall–Kier alpha value is -2.41. The fourth-order valence-corrected chi connectivity index (χ4v) is 2.86. The summed E-state index contributed by atoms with van der Waals surface area (Å²) in [6.07, 6.45) is -0.401. The SMILES string of the molecule is CCOc1ccc(C(=O)CCC(=O)NC2(C(=O)OC)CC(O)C2)cc1. The Morgan fingerprint density at radius 3 is 2.36 bits per heavy atom. The van der Waals surface area contributed by atoms with Crippen molar-refractivity contribution in [2.45, 2.75) is 44.2 Å². The van der Waals surface area contributed by atoms with Gasteiger partial charge in [-0.15, -0.1) is 0 Å². The summed E-state index contributed by atoms with van der Waals surface area (Å²) >= 11 is 0. The molecule has 25 heavy (non-hydrogen) atoms. The highest BCUT2D eigenvalue weighted by Gasteiger charge is 2.51. The van der Waals surface area contributed by atoms with E-state index in [-0.39, 0.29) is 31.5 Å². The van der Waals surface area contributed by atoms with E-state index in [1.54, 1.807) is 24.3 Å². The fourth-order valence-electron chi connectivity index (χ4n) is 2.86. The van der Waals surface area contributed by atoms with Crippen molar-refractivity contribution in [2.75, 3.05) is 13.7 Å². The van der Waals surface area contributed by atoms with Gasteiger partial charge in [-0.2, -0.15) is 0 Å². The van der Waals surface area contributed by atoms with Gasteiger partial charge in [0.1, 0.15) is 11.3 Å². The van der Waals surface area contributed by atoms with Crippen LogP contribution in [0.1, 0.15) is 43.0 Å². The standard InChI is InChI=1S/C18H23NO6/c1-3-25-14-6-4-12(5-7-14)15(21)8-9-16(22)19-18(17(23)24-2)10-13(20)11-18/h4-7,13,20H,3,8-11H2,1-2H3,(H,19,22). The number of amides is 1. The summed E-state index contributed by atoms with van der Waals surface area (Å²) in [5.41, 5.74) is -0.675. The van der Waals surface area contributed by atoms with E-state index < -0.39 is 23.5 Å². The number of rotatable bonds is 8. The summed E-state index contributed by atoms with van der Waals surface area (Å²) in [5, 5.41) is 12.0. The third kappa shape index (κ3) is 4.57. The molecular formula is C18H23NO6. The smallest absolute Gasteiger partial charge is 0.331 e. The third-order valence-electron chi connectivity index (χ3n) is 4.19. The summed E-state index contributed by atoms with van der Waals surface area (Å²) in [7, 11) is 1.23. The number of carbonyl (C=O) groups excluding carboxylic acids is 3. The molecule has 1 aromatic carbocycles. The number of hydrogen-bond acceptors (Lipinski definition) is 6. The number of ether oxygens (including phenoxy) is 2. The van der Waals surface area contributed by atoms with Gasteiger partial charge >= 0.3 is 5.97 Å². The summed E-state index contributed by atoms with van der Waals surface area (Å²) in [4.78, 5) is 36.1. The zero-order valence-corrected chi connectivity index (χ0v) is 14.4. The molecule has 1 aliphatic rings. The lowest BCUT2D eigenvalue weighted by molar-refractivity contribution is -0.161. The number of benzene rings is 1. The second-order valence-corrected chi connectivity index (χ2v) is 6.06. The number of hydrogen-bond donors (Lipinski definition) is 2. The maximum Gasteiger partial charge on any atom is 0.331 e. The number of aliphatic hydroxyl groups excluding tert-OH is 1. The minimum Gasteiger partial charge on any atom is -0.494 e. The van der Waals surface area contributed by atoms with Gasteiger partial charge in [-0.1, -0.05) is 0 Å². The lowest BCUT2D eigenvalue weighted by Gasteiger charge is -2.42. The molecule has 7 heteroatoms. The molecule has 2 rings (SSSR count). The second kappa shape index (κ2) is 8.11. The molecule has 7 nitrogen and oxygen atoms in total. The molecule has 136 valence electrons. The monoisotopic (exact) mass is 349 g/mol. The summed E-state index contributed by atoms with van der Waals surface area (Å²) in [5.74, 6) is -0.486. The van der Waals surface area contributed by atoms with Crippen LogP contribution in [0.2, 0.25) is 0 Å². The maximum atomic E-state index is 12.2. The van der Waals surface area contributed by atoms with E-state index >= 15 is 0 Å². The number of aliphatic hydroxyl groups is 1. The quantitative estimate of drug-likeness (QED) is 0.541. The lowest BCUT2D eigenvalue weighted by Crippen LogP contribution is -2.64. The Labute approximate surface area is 146 Å². The molecule has 0 heterocycles. The first kappa shape index (κ1) is 18.9. The van der Waals surface area contributed by atoms with Crippen LogP contribution in [0.4, 0.5) is 0 Å². The van der Waals surface area contributed by atoms with Gasteiger partial charge in [0, 0.05) is 31.2 Å². The third-order valence-corrected chi connectivity index (χ3v) is 4.19. The number of esters is 1. The van der Waals surface area contributed by atoms with Crippen molar-refractivity contribution in [1.29, 1.82) is 0 Å². The lowest BCUT2D eigenvalue weighted by atomic mass is 9.74. The predicted molar refractivity (Wildman–Crippen MR) is 89.3 cm³/mol. The van der Waals surface area contributed by atoms with Crippen molar-refractivity contribution in [3.8, 4) is 5.75 Å². The molecule has 2 N–H and O–H groups in total. The Morgan fingerprint density at radius 2 is 1.84 bits per heavy atom. The molecule has 0 aliphatic heterocycles. The molecule has 0 unspecified atom stereocenters. The minimum atomic E-state index is -1.17. The van der Waals surface area contributed by atoms with Crippen molar-refractivity contribution in [3.05, 3.63) is 29.8 Å². The van der Waals surface area contributed by atoms with Gasteiger partial charge < -0.3 is 19.9 Å². The van der Waals surface area contributed by atoms with Crippen molar-refractivity contribution < 1.29 is 29.0 Å². The van der Waals surface area contributed by atoms with E-state index in [2.05, 4.69) is 10.1 Å². The Bertz CT molecular complexity index is 633. The van der Waals surface area contributed by atoms with E-state index in [9.17, 15) is 19.5 Å². The van der Waals surface area contributed by atoms with Crippen LogP contribution in [-0.4, -0.2) is 48.1 Å². The van der Waals surface area contributed by atoms with Crippen LogP contribution in [0.25, 0.3) is 0 Å². The summed E-state index contributed by atoms with van der Waals surface area (Å²) < 4.78 is 10.0. The van der Waals surface area contributed by atoms with E-state index in [0.717, 1.165) is 0 Å². The zero-order valence-electron chi connectivity index (χ0n) is 14.4. The molecule has 0 aromatic heterocycles. The number of methoxy groups -OCH3 is 1. The van der Waals surface area contributed by atoms with Crippen molar-refractivity contribution in [3.63, 3.8) is 0 Å². The highest BCUT2D eigenvalue weighted by molar-refractivity contribution is 5.98. The molecule has 0 atom stereocenters. The van der Waals surface area contributed by atoms with Gasteiger partial charge in [-0.25, -0.2) is 4.79 Å². The maximum absolute atomic E-state index is 12.2. The first-order chi connectivity index (χ1) is 11.9. The number of ketones is 1. The molecule has 0 spiro atoms. The van der Waals surface area contributed by atoms with E-state index in [4.69, 9.17) is 4.74 Å². The number of carbonyl (C=O) groups is 3. The molecule has 0 bridgehead atoms. The summed E-state index contributed by atoms with van der Waals surface area (Å²) in [6.45, 7) is 2.42. The molecule has 1 amide bonds. The van der Waals surface area contributed by atoms with Gasteiger partial charge in [0.2, 0.25) is 5.91 Å². The average molecular weight is 349 g/mol. The molecule has 0 saturated heterocycles. The number of nitrogens with one attached hydrogen (secondary N) is 1.